The summed E-state index contributed by atoms with van der Waals surface area (Å²) in [5, 5.41) is 11.0. The minimum Gasteiger partial charge on any atom is -0.444 e. The van der Waals surface area contributed by atoms with Gasteiger partial charge in [-0.2, -0.15) is 0 Å². The van der Waals surface area contributed by atoms with Gasteiger partial charge in [-0.05, 0) is 58.1 Å². The van der Waals surface area contributed by atoms with Crippen molar-refractivity contribution in [2.75, 3.05) is 0 Å². The molecule has 1 N–H and O–H groups in total. The third-order valence-corrected chi connectivity index (χ3v) is 5.06. The normalized spacial score (nSPS) is 28.3. The number of piperidine rings is 1. The van der Waals surface area contributed by atoms with E-state index in [2.05, 4.69) is 0 Å². The fourth-order valence-corrected chi connectivity index (χ4v) is 4.13. The second-order valence-corrected chi connectivity index (χ2v) is 8.44. The maximum atomic E-state index is 14.0. The largest absolute Gasteiger partial charge is 0.444 e. The molecule has 0 saturated carbocycles. The lowest BCUT2D eigenvalue weighted by Crippen LogP contribution is -2.55. The molecule has 1 amide bonds. The van der Waals surface area contributed by atoms with E-state index < -0.39 is 34.7 Å². The van der Waals surface area contributed by atoms with Gasteiger partial charge in [-0.15, -0.1) is 0 Å². The Morgan fingerprint density at radius 3 is 2.23 bits per heavy atom. The molecule has 4 nitrogen and oxygen atoms in total. The SMILES string of the molecule is CC(C)(C)OC(=O)N1C2CCC1CC(O)(Cc1cc(F)c(F)cc1F)C2. The first-order valence-electron chi connectivity index (χ1n) is 8.84. The van der Waals surface area contributed by atoms with Crippen LogP contribution in [0.15, 0.2) is 12.1 Å². The molecule has 2 aliphatic rings. The minimum absolute atomic E-state index is 0.0588. The van der Waals surface area contributed by atoms with Crippen molar-refractivity contribution in [2.24, 2.45) is 0 Å². The van der Waals surface area contributed by atoms with Crippen LogP contribution in [-0.2, 0) is 11.2 Å². The number of carbonyl (C=O) groups is 1. The molecule has 0 spiro atoms. The molecule has 2 unspecified atom stereocenters. The van der Waals surface area contributed by atoms with Gasteiger partial charge < -0.3 is 14.7 Å². The quantitative estimate of drug-likeness (QED) is 0.801. The van der Waals surface area contributed by atoms with Gasteiger partial charge >= 0.3 is 6.09 Å². The molecular weight excluding hydrogens is 347 g/mol. The number of hydrogen-bond acceptors (Lipinski definition) is 3. The molecule has 26 heavy (non-hydrogen) atoms. The van der Waals surface area contributed by atoms with Crippen molar-refractivity contribution in [3.8, 4) is 0 Å². The average Bonchev–Trinajstić information content (AvgIpc) is 2.76. The summed E-state index contributed by atoms with van der Waals surface area (Å²) in [5.74, 6) is -3.27. The molecule has 1 aromatic rings. The predicted octanol–water partition coefficient (Wildman–Crippen LogP) is 3.94. The number of hydrogen-bond donors (Lipinski definition) is 1. The lowest BCUT2D eigenvalue weighted by Gasteiger charge is -2.44. The van der Waals surface area contributed by atoms with Gasteiger partial charge in [0.2, 0.25) is 0 Å². The van der Waals surface area contributed by atoms with Crippen molar-refractivity contribution in [1.82, 2.24) is 4.90 Å². The highest BCUT2D eigenvalue weighted by Crippen LogP contribution is 2.43. The van der Waals surface area contributed by atoms with Crippen molar-refractivity contribution in [3.63, 3.8) is 0 Å². The van der Waals surface area contributed by atoms with Crippen LogP contribution in [0.25, 0.3) is 0 Å². The highest BCUT2D eigenvalue weighted by atomic mass is 19.2. The van der Waals surface area contributed by atoms with Gasteiger partial charge in [0, 0.05) is 24.6 Å². The molecule has 0 aromatic heterocycles. The molecule has 2 bridgehead atoms. The first-order chi connectivity index (χ1) is 12.0. The zero-order chi connectivity index (χ0) is 19.3. The molecule has 7 heteroatoms. The van der Waals surface area contributed by atoms with E-state index in [9.17, 15) is 23.1 Å². The second-order valence-electron chi connectivity index (χ2n) is 8.44. The van der Waals surface area contributed by atoms with E-state index in [4.69, 9.17) is 4.74 Å². The van der Waals surface area contributed by atoms with E-state index in [0.29, 0.717) is 6.07 Å². The van der Waals surface area contributed by atoms with Crippen LogP contribution >= 0.6 is 0 Å². The van der Waals surface area contributed by atoms with E-state index >= 15 is 0 Å². The number of halogens is 3. The van der Waals surface area contributed by atoms with Gasteiger partial charge in [-0.25, -0.2) is 18.0 Å². The fraction of sp³-hybridized carbons (Fsp3) is 0.632. The van der Waals surface area contributed by atoms with E-state index in [0.717, 1.165) is 18.9 Å². The van der Waals surface area contributed by atoms with Gasteiger partial charge in [0.1, 0.15) is 11.4 Å². The Balaban J connectivity index is 1.75. The lowest BCUT2D eigenvalue weighted by atomic mass is 9.81. The standard InChI is InChI=1S/C19H24F3NO3/c1-18(2,3)26-17(24)23-12-4-5-13(23)10-19(25,9-12)8-11-6-15(21)16(22)7-14(11)20/h6-7,12-13,25H,4-5,8-10H2,1-3H3. The molecule has 2 heterocycles. The molecule has 2 fully saturated rings. The van der Waals surface area contributed by atoms with E-state index in [-0.39, 0.29) is 36.9 Å². The van der Waals surface area contributed by atoms with E-state index in [1.807, 2.05) is 0 Å². The summed E-state index contributed by atoms with van der Waals surface area (Å²) in [6.45, 7) is 5.37. The third-order valence-electron chi connectivity index (χ3n) is 5.06. The summed E-state index contributed by atoms with van der Waals surface area (Å²) in [6, 6.07) is 0.882. The van der Waals surface area contributed by atoms with Crippen molar-refractivity contribution >= 4 is 6.09 Å². The first kappa shape index (κ1) is 19.0. The first-order valence-corrected chi connectivity index (χ1v) is 8.84. The second kappa shape index (κ2) is 6.44. The number of amides is 1. The van der Waals surface area contributed by atoms with E-state index in [1.54, 1.807) is 25.7 Å². The summed E-state index contributed by atoms with van der Waals surface area (Å²) < 4.78 is 45.9. The summed E-state index contributed by atoms with van der Waals surface area (Å²) >= 11 is 0. The van der Waals surface area contributed by atoms with Gasteiger partial charge in [0.15, 0.2) is 11.6 Å². The topological polar surface area (TPSA) is 49.8 Å². The van der Waals surface area contributed by atoms with Gasteiger partial charge in [0.05, 0.1) is 5.60 Å². The molecule has 2 saturated heterocycles. The summed E-state index contributed by atoms with van der Waals surface area (Å²) in [4.78, 5) is 14.1. The highest BCUT2D eigenvalue weighted by molar-refractivity contribution is 5.69. The molecular formula is C19H24F3NO3. The number of benzene rings is 1. The minimum atomic E-state index is -1.27. The fourth-order valence-electron chi connectivity index (χ4n) is 4.13. The van der Waals surface area contributed by atoms with Crippen LogP contribution in [0.5, 0.6) is 0 Å². The Hall–Kier alpha value is -1.76. The predicted molar refractivity (Wildman–Crippen MR) is 89.1 cm³/mol. The Morgan fingerprint density at radius 1 is 1.15 bits per heavy atom. The maximum Gasteiger partial charge on any atom is 0.410 e. The van der Waals surface area contributed by atoms with Crippen LogP contribution < -0.4 is 0 Å². The summed E-state index contributed by atoms with van der Waals surface area (Å²) in [5.41, 5.74) is -1.94. The number of fused-ring (bicyclic) bond motifs is 2. The molecule has 0 aliphatic carbocycles. The highest BCUT2D eigenvalue weighted by Gasteiger charge is 2.50. The number of carbonyl (C=O) groups excluding carboxylic acids is 1. The zero-order valence-corrected chi connectivity index (χ0v) is 15.2. The molecule has 144 valence electrons. The van der Waals surface area contributed by atoms with Crippen molar-refractivity contribution in [1.29, 1.82) is 0 Å². The third kappa shape index (κ3) is 3.82. The van der Waals surface area contributed by atoms with Gasteiger partial charge in [0.25, 0.3) is 0 Å². The molecule has 2 atom stereocenters. The van der Waals surface area contributed by atoms with Crippen molar-refractivity contribution in [2.45, 2.75) is 76.2 Å². The smallest absolute Gasteiger partial charge is 0.410 e. The number of ether oxygens (including phenoxy) is 1. The van der Waals surface area contributed by atoms with Crippen LogP contribution in [0, 0.1) is 17.5 Å². The van der Waals surface area contributed by atoms with E-state index in [1.165, 1.54) is 0 Å². The Labute approximate surface area is 150 Å². The van der Waals surface area contributed by atoms with Crippen molar-refractivity contribution in [3.05, 3.63) is 35.1 Å². The maximum absolute atomic E-state index is 14.0. The molecule has 0 radical (unpaired) electrons. The molecule has 3 rings (SSSR count). The number of nitrogens with zero attached hydrogens (tertiary/aromatic N) is 1. The van der Waals surface area contributed by atoms with Crippen LogP contribution in [-0.4, -0.2) is 39.4 Å². The average molecular weight is 371 g/mol. The Kier molecular flexibility index (Phi) is 4.71. The molecule has 1 aromatic carbocycles. The van der Waals surface area contributed by atoms with Crippen LogP contribution in [0.2, 0.25) is 0 Å². The number of rotatable bonds is 2. The van der Waals surface area contributed by atoms with Crippen molar-refractivity contribution < 1.29 is 27.8 Å². The van der Waals surface area contributed by atoms with Gasteiger partial charge in [-0.3, -0.25) is 0 Å². The monoisotopic (exact) mass is 371 g/mol. The summed E-state index contributed by atoms with van der Waals surface area (Å²) in [7, 11) is 0. The number of aliphatic hydroxyl groups is 1. The summed E-state index contributed by atoms with van der Waals surface area (Å²) in [6.07, 6.45) is 1.43. The van der Waals surface area contributed by atoms with Crippen LogP contribution in [0.1, 0.15) is 52.0 Å². The lowest BCUT2D eigenvalue weighted by molar-refractivity contribution is -0.0583. The zero-order valence-electron chi connectivity index (χ0n) is 15.2. The van der Waals surface area contributed by atoms with Crippen LogP contribution in [0.3, 0.4) is 0 Å². The van der Waals surface area contributed by atoms with Crippen LogP contribution in [0.4, 0.5) is 18.0 Å². The van der Waals surface area contributed by atoms with Gasteiger partial charge in [-0.1, -0.05) is 0 Å². The Morgan fingerprint density at radius 2 is 1.69 bits per heavy atom. The Bertz CT molecular complexity index is 703. The molecule has 2 aliphatic heterocycles.